The first-order valence-electron chi connectivity index (χ1n) is 6.21. The Labute approximate surface area is 132 Å². The molecule has 1 unspecified atom stereocenters. The minimum atomic E-state index is -4.74. The van der Waals surface area contributed by atoms with Crippen molar-refractivity contribution in [2.75, 3.05) is 7.05 Å². The first-order chi connectivity index (χ1) is 10.7. The molecule has 9 heteroatoms. The second-order valence-corrected chi connectivity index (χ2v) is 5.82. The summed E-state index contributed by atoms with van der Waals surface area (Å²) >= 11 is 0.592. The van der Waals surface area contributed by atoms with Gasteiger partial charge in [-0.15, -0.1) is 0 Å². The Hall–Kier alpha value is -1.74. The lowest BCUT2D eigenvalue weighted by Crippen LogP contribution is -2.32. The van der Waals surface area contributed by atoms with E-state index in [1.165, 1.54) is 6.20 Å². The van der Waals surface area contributed by atoms with Crippen LogP contribution in [-0.2, 0) is 0 Å². The van der Waals surface area contributed by atoms with Gasteiger partial charge in [0.15, 0.2) is 11.6 Å². The van der Waals surface area contributed by atoms with Gasteiger partial charge in [-0.1, -0.05) is 6.07 Å². The van der Waals surface area contributed by atoms with Crippen LogP contribution in [0.25, 0.3) is 0 Å². The topological polar surface area (TPSA) is 16.1 Å². The number of alkyl halides is 3. The molecule has 0 radical (unpaired) electrons. The van der Waals surface area contributed by atoms with Gasteiger partial charge in [-0.2, -0.15) is 13.2 Å². The van der Waals surface area contributed by atoms with Gasteiger partial charge in [0.2, 0.25) is 0 Å². The van der Waals surface area contributed by atoms with Crippen LogP contribution in [0.3, 0.4) is 0 Å². The van der Waals surface area contributed by atoms with Gasteiger partial charge in [0.05, 0.1) is 6.20 Å². The summed E-state index contributed by atoms with van der Waals surface area (Å²) < 4.78 is 79.9. The molecule has 0 amide bonds. The van der Waals surface area contributed by atoms with Crippen LogP contribution in [0.4, 0.5) is 26.3 Å². The molecule has 1 atom stereocenters. The standard InChI is InChI=1S/C14H10F6N2S/c1-22(23-10-5-9(15)6-21-7-10)13(14(18,19)20)8-2-3-11(16)12(17)4-8/h2-7,13H,1H3. The summed E-state index contributed by atoms with van der Waals surface area (Å²) in [5.74, 6) is -3.30. The molecule has 1 aromatic heterocycles. The molecular formula is C14H10F6N2S. The molecule has 0 fully saturated rings. The zero-order valence-corrected chi connectivity index (χ0v) is 12.4. The largest absolute Gasteiger partial charge is 0.408 e. The van der Waals surface area contributed by atoms with Gasteiger partial charge in [-0.3, -0.25) is 4.98 Å². The first kappa shape index (κ1) is 17.6. The predicted octanol–water partition coefficient (Wildman–Crippen LogP) is 4.74. The number of pyridine rings is 1. The summed E-state index contributed by atoms with van der Waals surface area (Å²) in [4.78, 5) is 3.69. The van der Waals surface area contributed by atoms with Crippen molar-refractivity contribution in [2.24, 2.45) is 0 Å². The number of halogens is 6. The lowest BCUT2D eigenvalue weighted by molar-refractivity contribution is -0.170. The Balaban J connectivity index is 2.32. The third-order valence-corrected chi connectivity index (χ3v) is 3.80. The molecule has 23 heavy (non-hydrogen) atoms. The van der Waals surface area contributed by atoms with Crippen molar-refractivity contribution >= 4 is 11.9 Å². The number of hydrogen-bond donors (Lipinski definition) is 0. The third kappa shape index (κ3) is 4.38. The van der Waals surface area contributed by atoms with Crippen LogP contribution in [0.2, 0.25) is 0 Å². The van der Waals surface area contributed by atoms with E-state index in [9.17, 15) is 26.3 Å². The summed E-state index contributed by atoms with van der Waals surface area (Å²) in [7, 11) is 1.12. The van der Waals surface area contributed by atoms with E-state index in [1.54, 1.807) is 0 Å². The van der Waals surface area contributed by atoms with Crippen molar-refractivity contribution in [1.82, 2.24) is 9.29 Å². The number of nitrogens with zero attached hydrogens (tertiary/aromatic N) is 2. The second kappa shape index (κ2) is 6.79. The van der Waals surface area contributed by atoms with Gasteiger partial charge in [0.25, 0.3) is 0 Å². The number of benzene rings is 1. The van der Waals surface area contributed by atoms with E-state index in [1.807, 2.05) is 0 Å². The smallest absolute Gasteiger partial charge is 0.260 e. The molecule has 2 nitrogen and oxygen atoms in total. The van der Waals surface area contributed by atoms with E-state index < -0.39 is 35.2 Å². The molecule has 0 aliphatic rings. The second-order valence-electron chi connectivity index (χ2n) is 4.59. The maximum absolute atomic E-state index is 13.3. The number of hydrogen-bond acceptors (Lipinski definition) is 3. The van der Waals surface area contributed by atoms with Gasteiger partial charge in [0.1, 0.15) is 11.9 Å². The molecule has 0 aliphatic heterocycles. The molecule has 124 valence electrons. The molecule has 0 saturated carbocycles. The zero-order chi connectivity index (χ0) is 17.2. The fraction of sp³-hybridized carbons (Fsp3) is 0.214. The van der Waals surface area contributed by atoms with Gasteiger partial charge in [0, 0.05) is 11.1 Å². The van der Waals surface area contributed by atoms with E-state index in [4.69, 9.17) is 0 Å². The van der Waals surface area contributed by atoms with Gasteiger partial charge < -0.3 is 0 Å². The van der Waals surface area contributed by atoms with Crippen LogP contribution in [0.5, 0.6) is 0 Å². The highest BCUT2D eigenvalue weighted by atomic mass is 32.2. The fourth-order valence-corrected chi connectivity index (χ4v) is 2.90. The highest BCUT2D eigenvalue weighted by Gasteiger charge is 2.44. The molecule has 0 saturated heterocycles. The first-order valence-corrected chi connectivity index (χ1v) is 6.99. The third-order valence-electron chi connectivity index (χ3n) is 2.86. The molecule has 1 aromatic carbocycles. The Morgan fingerprint density at radius 2 is 1.74 bits per heavy atom. The summed E-state index contributed by atoms with van der Waals surface area (Å²) in [5.41, 5.74) is -0.462. The van der Waals surface area contributed by atoms with Crippen LogP contribution < -0.4 is 0 Å². The Bertz CT molecular complexity index is 691. The molecule has 1 heterocycles. The van der Waals surface area contributed by atoms with Crippen LogP contribution in [-0.4, -0.2) is 22.5 Å². The molecule has 0 aliphatic carbocycles. The van der Waals surface area contributed by atoms with Crippen molar-refractivity contribution in [3.63, 3.8) is 0 Å². The minimum absolute atomic E-state index is 0.143. The van der Waals surface area contributed by atoms with Gasteiger partial charge in [-0.25, -0.2) is 17.5 Å². The molecule has 0 bridgehead atoms. The van der Waals surface area contributed by atoms with Crippen molar-refractivity contribution < 1.29 is 26.3 Å². The highest BCUT2D eigenvalue weighted by Crippen LogP contribution is 2.41. The minimum Gasteiger partial charge on any atom is -0.260 e. The SMILES string of the molecule is CN(Sc1cncc(F)c1)C(c1ccc(F)c(F)c1)C(F)(F)F. The van der Waals surface area contributed by atoms with Crippen LogP contribution in [0.1, 0.15) is 11.6 Å². The van der Waals surface area contributed by atoms with Crippen LogP contribution in [0, 0.1) is 17.5 Å². The Morgan fingerprint density at radius 1 is 1.04 bits per heavy atom. The van der Waals surface area contributed by atoms with Crippen LogP contribution in [0.15, 0.2) is 41.6 Å². The van der Waals surface area contributed by atoms with E-state index in [2.05, 4.69) is 4.98 Å². The van der Waals surface area contributed by atoms with Gasteiger partial charge in [-0.05, 0) is 42.8 Å². The summed E-state index contributed by atoms with van der Waals surface area (Å²) in [6.45, 7) is 0. The van der Waals surface area contributed by atoms with E-state index in [0.29, 0.717) is 24.1 Å². The number of rotatable bonds is 4. The maximum Gasteiger partial charge on any atom is 0.408 e. The zero-order valence-electron chi connectivity index (χ0n) is 11.6. The van der Waals surface area contributed by atoms with Crippen LogP contribution >= 0.6 is 11.9 Å². The molecule has 0 N–H and O–H groups in total. The quantitative estimate of drug-likeness (QED) is 0.584. The molecule has 0 spiro atoms. The molecule has 2 aromatic rings. The monoisotopic (exact) mass is 352 g/mol. The van der Waals surface area contributed by atoms with E-state index in [0.717, 1.165) is 29.7 Å². The molecule has 2 rings (SSSR count). The molecular weight excluding hydrogens is 342 g/mol. The maximum atomic E-state index is 13.3. The van der Waals surface area contributed by atoms with Gasteiger partial charge >= 0.3 is 6.18 Å². The lowest BCUT2D eigenvalue weighted by Gasteiger charge is -2.29. The highest BCUT2D eigenvalue weighted by molar-refractivity contribution is 7.97. The average Bonchev–Trinajstić information content (AvgIpc) is 2.41. The van der Waals surface area contributed by atoms with Crippen molar-refractivity contribution in [2.45, 2.75) is 17.1 Å². The lowest BCUT2D eigenvalue weighted by atomic mass is 10.1. The summed E-state index contributed by atoms with van der Waals surface area (Å²) in [6, 6.07) is 0.801. The van der Waals surface area contributed by atoms with Crippen molar-refractivity contribution in [3.8, 4) is 0 Å². The number of aromatic nitrogens is 1. The van der Waals surface area contributed by atoms with Crippen molar-refractivity contribution in [3.05, 3.63) is 59.7 Å². The predicted molar refractivity (Wildman–Crippen MR) is 73.0 cm³/mol. The fourth-order valence-electron chi connectivity index (χ4n) is 1.95. The average molecular weight is 352 g/mol. The Morgan fingerprint density at radius 3 is 2.30 bits per heavy atom. The normalized spacial score (nSPS) is 13.4. The Kier molecular flexibility index (Phi) is 5.20. The summed E-state index contributed by atoms with van der Waals surface area (Å²) in [5, 5.41) is 0. The summed E-state index contributed by atoms with van der Waals surface area (Å²) in [6.07, 6.45) is -2.63. The van der Waals surface area contributed by atoms with E-state index >= 15 is 0 Å². The van der Waals surface area contributed by atoms with E-state index in [-0.39, 0.29) is 4.90 Å². The van der Waals surface area contributed by atoms with Crippen molar-refractivity contribution in [1.29, 1.82) is 0 Å².